The second-order valence-electron chi connectivity index (χ2n) is 4.82. The number of nitro groups is 1. The van der Waals surface area contributed by atoms with E-state index in [1.54, 1.807) is 24.7 Å². The van der Waals surface area contributed by atoms with E-state index in [9.17, 15) is 14.9 Å². The van der Waals surface area contributed by atoms with Crippen LogP contribution in [0.1, 0.15) is 17.5 Å². The van der Waals surface area contributed by atoms with Crippen LogP contribution in [0.15, 0.2) is 35.1 Å². The Balaban J connectivity index is 1.91. The molecule has 2 aromatic rings. The van der Waals surface area contributed by atoms with E-state index in [1.165, 1.54) is 6.07 Å². The summed E-state index contributed by atoms with van der Waals surface area (Å²) in [5, 5.41) is 16.9. The van der Waals surface area contributed by atoms with E-state index in [4.69, 9.17) is 4.42 Å². The van der Waals surface area contributed by atoms with E-state index in [1.807, 2.05) is 0 Å². The van der Waals surface area contributed by atoms with Crippen molar-refractivity contribution < 1.29 is 14.1 Å². The zero-order valence-corrected chi connectivity index (χ0v) is 11.1. The third-order valence-electron chi connectivity index (χ3n) is 3.38. The second kappa shape index (κ2) is 5.28. The molecule has 0 bridgehead atoms. The predicted octanol–water partition coefficient (Wildman–Crippen LogP) is 2.68. The fraction of sp³-hybridized carbons (Fsp3) is 0.214. The molecular formula is C14H13N3O4. The Labute approximate surface area is 120 Å². The van der Waals surface area contributed by atoms with Gasteiger partial charge in [-0.05, 0) is 24.1 Å². The van der Waals surface area contributed by atoms with Crippen molar-refractivity contribution in [3.63, 3.8) is 0 Å². The van der Waals surface area contributed by atoms with Crippen LogP contribution in [0.3, 0.4) is 0 Å². The van der Waals surface area contributed by atoms with Gasteiger partial charge in [0.25, 0.3) is 5.69 Å². The lowest BCUT2D eigenvalue weighted by atomic mass is 10.0. The van der Waals surface area contributed by atoms with Crippen LogP contribution in [-0.2, 0) is 17.8 Å². The SMILES string of the molecule is O=C1CCc2cc(NCc3ccoc3)c([N+](=O)[O-])cc2N1. The molecule has 0 saturated carbocycles. The minimum Gasteiger partial charge on any atom is -0.472 e. The zero-order valence-electron chi connectivity index (χ0n) is 11.1. The highest BCUT2D eigenvalue weighted by molar-refractivity contribution is 5.95. The van der Waals surface area contributed by atoms with Gasteiger partial charge in [-0.3, -0.25) is 14.9 Å². The molecule has 108 valence electrons. The van der Waals surface area contributed by atoms with Crippen LogP contribution in [0, 0.1) is 10.1 Å². The number of benzene rings is 1. The molecule has 21 heavy (non-hydrogen) atoms. The number of furan rings is 1. The number of carbonyl (C=O) groups excluding carboxylic acids is 1. The lowest BCUT2D eigenvalue weighted by Crippen LogP contribution is -2.19. The van der Waals surface area contributed by atoms with E-state index >= 15 is 0 Å². The first-order valence-corrected chi connectivity index (χ1v) is 6.49. The smallest absolute Gasteiger partial charge is 0.294 e. The molecule has 1 aromatic carbocycles. The number of nitrogens with zero attached hydrogens (tertiary/aromatic N) is 1. The van der Waals surface area contributed by atoms with Gasteiger partial charge in [-0.2, -0.15) is 0 Å². The molecule has 0 atom stereocenters. The molecule has 2 N–H and O–H groups in total. The minimum absolute atomic E-state index is 0.0561. The fourth-order valence-corrected chi connectivity index (χ4v) is 2.30. The van der Waals surface area contributed by atoms with Gasteiger partial charge in [-0.15, -0.1) is 0 Å². The van der Waals surface area contributed by atoms with Crippen LogP contribution in [0.5, 0.6) is 0 Å². The summed E-state index contributed by atoms with van der Waals surface area (Å²) in [6.45, 7) is 0.433. The van der Waals surface area contributed by atoms with Crippen LogP contribution in [0.4, 0.5) is 17.1 Å². The second-order valence-corrected chi connectivity index (χ2v) is 4.82. The Morgan fingerprint density at radius 3 is 2.95 bits per heavy atom. The highest BCUT2D eigenvalue weighted by atomic mass is 16.6. The Hall–Kier alpha value is -2.83. The topological polar surface area (TPSA) is 97.4 Å². The first kappa shape index (κ1) is 13.2. The third-order valence-corrected chi connectivity index (χ3v) is 3.38. The van der Waals surface area contributed by atoms with Gasteiger partial charge in [0.1, 0.15) is 5.69 Å². The summed E-state index contributed by atoms with van der Waals surface area (Å²) in [5.41, 5.74) is 2.70. The first-order valence-electron chi connectivity index (χ1n) is 6.49. The Morgan fingerprint density at radius 1 is 1.38 bits per heavy atom. The number of rotatable bonds is 4. The van der Waals surface area contributed by atoms with Crippen LogP contribution >= 0.6 is 0 Å². The van der Waals surface area contributed by atoms with Crippen molar-refractivity contribution in [3.8, 4) is 0 Å². The van der Waals surface area contributed by atoms with E-state index in [-0.39, 0.29) is 11.6 Å². The largest absolute Gasteiger partial charge is 0.472 e. The maximum Gasteiger partial charge on any atom is 0.294 e. The van der Waals surface area contributed by atoms with Crippen molar-refractivity contribution in [2.75, 3.05) is 10.6 Å². The summed E-state index contributed by atoms with van der Waals surface area (Å²) in [5.74, 6) is -0.115. The highest BCUT2D eigenvalue weighted by Gasteiger charge is 2.22. The van der Waals surface area contributed by atoms with Gasteiger partial charge in [0.15, 0.2) is 0 Å². The fourth-order valence-electron chi connectivity index (χ4n) is 2.30. The number of anilines is 2. The summed E-state index contributed by atoms with van der Waals surface area (Å²) in [6, 6.07) is 4.93. The standard InChI is InChI=1S/C14H13N3O4/c18-14-2-1-10-5-12(15-7-9-3-4-21-8-9)13(17(19)20)6-11(10)16-14/h3-6,8,15H,1-2,7H2,(H,16,18). The molecule has 1 aliphatic rings. The molecule has 0 aliphatic carbocycles. The maximum atomic E-state index is 11.4. The number of nitrogens with one attached hydrogen (secondary N) is 2. The molecule has 1 aliphatic heterocycles. The molecule has 2 heterocycles. The van der Waals surface area contributed by atoms with Crippen LogP contribution in [0.25, 0.3) is 0 Å². The predicted molar refractivity (Wildman–Crippen MR) is 76.1 cm³/mol. The van der Waals surface area contributed by atoms with Gasteiger partial charge in [0.05, 0.1) is 23.1 Å². The van der Waals surface area contributed by atoms with Crippen LogP contribution in [0.2, 0.25) is 0 Å². The van der Waals surface area contributed by atoms with Gasteiger partial charge in [-0.25, -0.2) is 0 Å². The van der Waals surface area contributed by atoms with Crippen LogP contribution < -0.4 is 10.6 Å². The van der Waals surface area contributed by atoms with Gasteiger partial charge in [0.2, 0.25) is 5.91 Å². The molecule has 0 radical (unpaired) electrons. The lowest BCUT2D eigenvalue weighted by Gasteiger charge is -2.18. The first-order chi connectivity index (χ1) is 10.1. The molecular weight excluding hydrogens is 274 g/mol. The molecule has 1 amide bonds. The molecule has 1 aromatic heterocycles. The minimum atomic E-state index is -0.460. The molecule has 0 fully saturated rings. The van der Waals surface area contributed by atoms with Crippen LogP contribution in [-0.4, -0.2) is 10.8 Å². The number of amides is 1. The van der Waals surface area contributed by atoms with Gasteiger partial charge < -0.3 is 15.1 Å². The quantitative estimate of drug-likeness (QED) is 0.665. The van der Waals surface area contributed by atoms with Crippen molar-refractivity contribution >= 4 is 23.0 Å². The number of aryl methyl sites for hydroxylation is 1. The summed E-state index contributed by atoms with van der Waals surface area (Å²) in [7, 11) is 0. The van der Waals surface area contributed by atoms with Crippen molar-refractivity contribution in [1.82, 2.24) is 0 Å². The molecule has 7 heteroatoms. The molecule has 0 saturated heterocycles. The van der Waals surface area contributed by atoms with E-state index < -0.39 is 4.92 Å². The number of fused-ring (bicyclic) bond motifs is 1. The molecule has 3 rings (SSSR count). The molecule has 0 unspecified atom stereocenters. The normalized spacial score (nSPS) is 13.4. The summed E-state index contributed by atoms with van der Waals surface area (Å²) in [4.78, 5) is 22.1. The maximum absolute atomic E-state index is 11.4. The Kier molecular flexibility index (Phi) is 3.31. The van der Waals surface area contributed by atoms with E-state index in [0.29, 0.717) is 30.8 Å². The van der Waals surface area contributed by atoms with E-state index in [0.717, 1.165) is 11.1 Å². The lowest BCUT2D eigenvalue weighted by molar-refractivity contribution is -0.383. The zero-order chi connectivity index (χ0) is 14.8. The summed E-state index contributed by atoms with van der Waals surface area (Å²) < 4.78 is 4.96. The Morgan fingerprint density at radius 2 is 2.24 bits per heavy atom. The number of nitro benzene ring substituents is 1. The monoisotopic (exact) mass is 287 g/mol. The van der Waals surface area contributed by atoms with Crippen molar-refractivity contribution in [2.45, 2.75) is 19.4 Å². The van der Waals surface area contributed by atoms with Crippen molar-refractivity contribution in [3.05, 3.63) is 52.0 Å². The number of hydrogen-bond donors (Lipinski definition) is 2. The highest BCUT2D eigenvalue weighted by Crippen LogP contribution is 2.34. The third kappa shape index (κ3) is 2.71. The Bertz CT molecular complexity index is 694. The van der Waals surface area contributed by atoms with Gasteiger partial charge in [-0.1, -0.05) is 0 Å². The number of hydrogen-bond acceptors (Lipinski definition) is 5. The summed E-state index contributed by atoms with van der Waals surface area (Å²) >= 11 is 0. The summed E-state index contributed by atoms with van der Waals surface area (Å²) in [6.07, 6.45) is 4.11. The van der Waals surface area contributed by atoms with Gasteiger partial charge >= 0.3 is 0 Å². The molecule has 7 nitrogen and oxygen atoms in total. The van der Waals surface area contributed by atoms with Gasteiger partial charge in [0, 0.05) is 24.6 Å². The van der Waals surface area contributed by atoms with Crippen molar-refractivity contribution in [2.24, 2.45) is 0 Å². The van der Waals surface area contributed by atoms with Crippen molar-refractivity contribution in [1.29, 1.82) is 0 Å². The number of carbonyl (C=O) groups is 1. The average molecular weight is 287 g/mol. The molecule has 0 spiro atoms. The van der Waals surface area contributed by atoms with E-state index in [2.05, 4.69) is 10.6 Å². The average Bonchev–Trinajstić information content (AvgIpc) is 2.97.